The molecule has 1 aromatic heterocycles. The minimum absolute atomic E-state index is 0.0130. The molecule has 8 atom stereocenters. The summed E-state index contributed by atoms with van der Waals surface area (Å²) >= 11 is 0. The monoisotopic (exact) mass is 506 g/mol. The lowest BCUT2D eigenvalue weighted by atomic mass is 9.32. The van der Waals surface area contributed by atoms with E-state index in [2.05, 4.69) is 59.5 Å². The number of allylic oxidation sites excluding steroid dienone is 2. The minimum atomic E-state index is -0.373. The zero-order valence-corrected chi connectivity index (χ0v) is 24.4. The fraction of sp³-hybridized carbons (Fsp3) is 0.818. The Balaban J connectivity index is 1.43. The van der Waals surface area contributed by atoms with Gasteiger partial charge in [0, 0.05) is 12.4 Å². The van der Waals surface area contributed by atoms with Crippen LogP contribution in [0.15, 0.2) is 30.4 Å². The standard InChI is InChI=1S/C33H50N2O2/c1-28(2)14-16-33(27(37)35-19-18-34-21-35)17-15-31(6)22(23(33)20-28)8-9-25-30(5)12-11-26(36)29(3,4)24(30)10-13-32(25,31)7/h18-22,24-26,36H,8-17H2,1-7H3/t22-,24+,25-,26+,30+,31-,32-,33+/m1/s1. The predicted octanol–water partition coefficient (Wildman–Crippen LogP) is 7.69. The van der Waals surface area contributed by atoms with E-state index in [9.17, 15) is 9.90 Å². The van der Waals surface area contributed by atoms with Crippen LogP contribution in [-0.4, -0.2) is 26.7 Å². The van der Waals surface area contributed by atoms with Crippen molar-refractivity contribution in [1.82, 2.24) is 9.55 Å². The number of carbonyl (C=O) groups excluding carboxylic acids is 1. The van der Waals surface area contributed by atoms with Gasteiger partial charge in [-0.2, -0.15) is 0 Å². The number of carbonyl (C=O) groups is 1. The van der Waals surface area contributed by atoms with Crippen LogP contribution in [0.3, 0.4) is 0 Å². The van der Waals surface area contributed by atoms with Crippen LogP contribution in [0.25, 0.3) is 0 Å². The lowest BCUT2D eigenvalue weighted by molar-refractivity contribution is -0.228. The Hall–Kier alpha value is -1.42. The Labute approximate surface area is 224 Å². The third-order valence-corrected chi connectivity index (χ3v) is 13.7. The van der Waals surface area contributed by atoms with E-state index in [0.29, 0.717) is 17.8 Å². The van der Waals surface area contributed by atoms with Gasteiger partial charge in [0.1, 0.15) is 6.33 Å². The van der Waals surface area contributed by atoms with Crippen molar-refractivity contribution in [2.75, 3.05) is 0 Å². The number of aliphatic hydroxyl groups excluding tert-OH is 1. The summed E-state index contributed by atoms with van der Waals surface area (Å²) in [5.74, 6) is 1.98. The van der Waals surface area contributed by atoms with Crippen LogP contribution in [0, 0.1) is 50.2 Å². The zero-order chi connectivity index (χ0) is 26.6. The van der Waals surface area contributed by atoms with Gasteiger partial charge in [-0.3, -0.25) is 9.36 Å². The molecule has 204 valence electrons. The van der Waals surface area contributed by atoms with Crippen LogP contribution in [0.4, 0.5) is 0 Å². The van der Waals surface area contributed by atoms with E-state index in [1.165, 1.54) is 31.3 Å². The number of nitrogens with zero attached hydrogens (tertiary/aromatic N) is 2. The van der Waals surface area contributed by atoms with Gasteiger partial charge in [0.05, 0.1) is 11.5 Å². The number of aliphatic hydroxyl groups is 1. The van der Waals surface area contributed by atoms with E-state index >= 15 is 0 Å². The second kappa shape index (κ2) is 7.83. The van der Waals surface area contributed by atoms with Crippen LogP contribution < -0.4 is 0 Å². The largest absolute Gasteiger partial charge is 0.393 e. The highest BCUT2D eigenvalue weighted by Gasteiger charge is 2.69. The van der Waals surface area contributed by atoms with Crippen LogP contribution >= 0.6 is 0 Å². The average Bonchev–Trinajstić information content (AvgIpc) is 3.36. The molecular formula is C33H50N2O2. The first-order valence-corrected chi connectivity index (χ1v) is 15.2. The Morgan fingerprint density at radius 2 is 1.59 bits per heavy atom. The lowest BCUT2D eigenvalue weighted by Gasteiger charge is -2.72. The van der Waals surface area contributed by atoms with Gasteiger partial charge in [0.2, 0.25) is 5.91 Å². The van der Waals surface area contributed by atoms with Crippen LogP contribution in [0.2, 0.25) is 0 Å². The molecule has 4 saturated carbocycles. The summed E-state index contributed by atoms with van der Waals surface area (Å²) in [6.07, 6.45) is 18.8. The van der Waals surface area contributed by atoms with E-state index < -0.39 is 0 Å². The summed E-state index contributed by atoms with van der Waals surface area (Å²) in [6, 6.07) is 0. The number of hydrogen-bond donors (Lipinski definition) is 1. The molecule has 0 spiro atoms. The van der Waals surface area contributed by atoms with Gasteiger partial charge in [-0.15, -0.1) is 0 Å². The van der Waals surface area contributed by atoms with Gasteiger partial charge in [-0.25, -0.2) is 4.98 Å². The van der Waals surface area contributed by atoms with E-state index in [1.807, 2.05) is 6.20 Å². The summed E-state index contributed by atoms with van der Waals surface area (Å²) in [4.78, 5) is 18.4. The molecule has 1 heterocycles. The summed E-state index contributed by atoms with van der Waals surface area (Å²) in [6.45, 7) is 17.3. The van der Waals surface area contributed by atoms with Gasteiger partial charge in [0.15, 0.2) is 0 Å². The van der Waals surface area contributed by atoms with Gasteiger partial charge in [-0.05, 0) is 109 Å². The molecule has 1 aromatic rings. The van der Waals surface area contributed by atoms with Gasteiger partial charge >= 0.3 is 0 Å². The van der Waals surface area contributed by atoms with Crippen molar-refractivity contribution >= 4 is 5.91 Å². The van der Waals surface area contributed by atoms with Crippen molar-refractivity contribution in [2.24, 2.45) is 50.2 Å². The lowest BCUT2D eigenvalue weighted by Crippen LogP contribution is -2.66. The van der Waals surface area contributed by atoms with E-state index in [0.717, 1.165) is 38.5 Å². The first-order valence-electron chi connectivity index (χ1n) is 15.2. The second-order valence-corrected chi connectivity index (χ2v) is 15.9. The Bertz CT molecular complexity index is 1120. The first-order chi connectivity index (χ1) is 17.2. The molecule has 0 unspecified atom stereocenters. The molecule has 37 heavy (non-hydrogen) atoms. The fourth-order valence-corrected chi connectivity index (χ4v) is 11.3. The minimum Gasteiger partial charge on any atom is -0.393 e. The highest BCUT2D eigenvalue weighted by atomic mass is 16.3. The van der Waals surface area contributed by atoms with Crippen LogP contribution in [-0.2, 0) is 0 Å². The topological polar surface area (TPSA) is 55.1 Å². The van der Waals surface area contributed by atoms with E-state index in [1.54, 1.807) is 17.1 Å². The quantitative estimate of drug-likeness (QED) is 0.397. The molecular weight excluding hydrogens is 456 g/mol. The SMILES string of the molecule is CC1(C)C=C2[C@H]3CC[C@@H]4[C@@]5(C)CC[C@H](O)C(C)(C)[C@@H]5CC[C@@]4(C)[C@]3(C)CC[C@@]2(C(=O)n2ccnc2)CC1. The number of hydrogen-bond acceptors (Lipinski definition) is 3. The molecule has 0 amide bonds. The van der Waals surface area contributed by atoms with Crippen molar-refractivity contribution in [1.29, 1.82) is 0 Å². The third-order valence-electron chi connectivity index (χ3n) is 13.7. The molecule has 4 heteroatoms. The Morgan fingerprint density at radius 3 is 2.30 bits per heavy atom. The summed E-state index contributed by atoms with van der Waals surface area (Å²) in [5.41, 5.74) is 1.96. The normalized spacial score (nSPS) is 48.1. The first kappa shape index (κ1) is 25.8. The molecule has 0 bridgehead atoms. The number of fused-ring (bicyclic) bond motifs is 7. The summed E-state index contributed by atoms with van der Waals surface area (Å²) < 4.78 is 1.77. The second-order valence-electron chi connectivity index (χ2n) is 15.9. The van der Waals surface area contributed by atoms with Crippen molar-refractivity contribution in [3.63, 3.8) is 0 Å². The maximum Gasteiger partial charge on any atom is 0.242 e. The highest BCUT2D eigenvalue weighted by Crippen LogP contribution is 2.76. The number of rotatable bonds is 1. The van der Waals surface area contributed by atoms with Crippen molar-refractivity contribution in [2.45, 2.75) is 119 Å². The molecule has 4 fully saturated rings. The van der Waals surface area contributed by atoms with Crippen molar-refractivity contribution < 1.29 is 9.90 Å². The summed E-state index contributed by atoms with van der Waals surface area (Å²) in [7, 11) is 0. The number of aromatic nitrogens is 2. The molecule has 0 aromatic carbocycles. The van der Waals surface area contributed by atoms with Crippen LogP contribution in [0.5, 0.6) is 0 Å². The van der Waals surface area contributed by atoms with Crippen molar-refractivity contribution in [3.8, 4) is 0 Å². The van der Waals surface area contributed by atoms with Crippen LogP contribution in [0.1, 0.15) is 117 Å². The smallest absolute Gasteiger partial charge is 0.242 e. The third kappa shape index (κ3) is 3.23. The van der Waals surface area contributed by atoms with E-state index in [4.69, 9.17) is 0 Å². The summed E-state index contributed by atoms with van der Waals surface area (Å²) in [5, 5.41) is 11.0. The maximum absolute atomic E-state index is 14.2. The maximum atomic E-state index is 14.2. The number of imidazole rings is 1. The van der Waals surface area contributed by atoms with Gasteiger partial charge < -0.3 is 5.11 Å². The molecule has 0 radical (unpaired) electrons. The molecule has 5 aliphatic carbocycles. The zero-order valence-electron chi connectivity index (χ0n) is 24.4. The van der Waals surface area contributed by atoms with Gasteiger partial charge in [0.25, 0.3) is 0 Å². The predicted molar refractivity (Wildman–Crippen MR) is 148 cm³/mol. The average molecular weight is 507 g/mol. The fourth-order valence-electron chi connectivity index (χ4n) is 11.3. The Morgan fingerprint density at radius 1 is 0.865 bits per heavy atom. The molecule has 0 saturated heterocycles. The Kier molecular flexibility index (Phi) is 5.47. The van der Waals surface area contributed by atoms with E-state index in [-0.39, 0.29) is 44.5 Å². The molecule has 4 nitrogen and oxygen atoms in total. The van der Waals surface area contributed by atoms with Gasteiger partial charge in [-0.1, -0.05) is 60.1 Å². The molecule has 0 aliphatic heterocycles. The molecule has 5 aliphatic rings. The van der Waals surface area contributed by atoms with Crippen molar-refractivity contribution in [3.05, 3.63) is 30.4 Å². The molecule has 1 N–H and O–H groups in total. The highest BCUT2D eigenvalue weighted by molar-refractivity contribution is 5.88. The molecule has 6 rings (SSSR count).